The van der Waals surface area contributed by atoms with E-state index in [0.29, 0.717) is 23.7 Å². The molecule has 1 N–H and O–H groups in total. The van der Waals surface area contributed by atoms with Gasteiger partial charge < -0.3 is 5.32 Å². The Morgan fingerprint density at radius 3 is 2.57 bits per heavy atom. The van der Waals surface area contributed by atoms with Gasteiger partial charge >= 0.3 is 5.69 Å². The Bertz CT molecular complexity index is 762. The average molecular weight is 313 g/mol. The van der Waals surface area contributed by atoms with Gasteiger partial charge in [0.15, 0.2) is 5.69 Å². The van der Waals surface area contributed by atoms with Gasteiger partial charge in [-0.3, -0.25) is 10.1 Å². The maximum absolute atomic E-state index is 13.0. The Labute approximate surface area is 133 Å². The summed E-state index contributed by atoms with van der Waals surface area (Å²) in [6.07, 6.45) is 0. The Hall–Kier alpha value is -2.94. The highest BCUT2D eigenvalue weighted by atomic mass is 19.1. The second-order valence-electron chi connectivity index (χ2n) is 5.35. The third kappa shape index (κ3) is 4.51. The highest BCUT2D eigenvalue weighted by Crippen LogP contribution is 2.23. The van der Waals surface area contributed by atoms with Crippen LogP contribution in [0.2, 0.25) is 0 Å². The van der Waals surface area contributed by atoms with Crippen LogP contribution in [0.4, 0.5) is 10.1 Å². The van der Waals surface area contributed by atoms with E-state index in [2.05, 4.69) is 22.3 Å². The molecule has 0 atom stereocenters. The second-order valence-corrected chi connectivity index (χ2v) is 5.35. The van der Waals surface area contributed by atoms with Crippen molar-refractivity contribution in [2.24, 2.45) is 5.92 Å². The molecule has 2 rings (SSSR count). The molecule has 118 valence electrons. The zero-order chi connectivity index (χ0) is 16.8. The van der Waals surface area contributed by atoms with Crippen LogP contribution >= 0.6 is 0 Å². The lowest BCUT2D eigenvalue weighted by Crippen LogP contribution is -2.13. The Balaban J connectivity index is 2.35. The fourth-order valence-corrected chi connectivity index (χ4v) is 1.83. The number of nitrogens with one attached hydrogen (secondary N) is 1. The number of nitrogens with zero attached hydrogens (tertiary/aromatic N) is 2. The van der Waals surface area contributed by atoms with E-state index in [9.17, 15) is 14.5 Å². The fraction of sp³-hybridized carbons (Fsp3) is 0.235. The van der Waals surface area contributed by atoms with Crippen LogP contribution in [0, 0.1) is 33.8 Å². The summed E-state index contributed by atoms with van der Waals surface area (Å²) in [6.45, 7) is 4.74. The molecule has 0 spiro atoms. The minimum absolute atomic E-state index is 0.0769. The van der Waals surface area contributed by atoms with E-state index in [1.54, 1.807) is 12.1 Å². The van der Waals surface area contributed by atoms with Crippen molar-refractivity contribution >= 4 is 5.69 Å². The first-order valence-corrected chi connectivity index (χ1v) is 7.12. The molecule has 1 heterocycles. The van der Waals surface area contributed by atoms with Gasteiger partial charge in [-0.25, -0.2) is 9.37 Å². The van der Waals surface area contributed by atoms with Crippen molar-refractivity contribution in [1.29, 1.82) is 0 Å². The Morgan fingerprint density at radius 1 is 1.26 bits per heavy atom. The van der Waals surface area contributed by atoms with E-state index in [1.165, 1.54) is 24.3 Å². The highest BCUT2D eigenvalue weighted by molar-refractivity contribution is 5.62. The van der Waals surface area contributed by atoms with Crippen LogP contribution in [0.5, 0.6) is 0 Å². The molecule has 0 unspecified atom stereocenters. The van der Waals surface area contributed by atoms with Crippen LogP contribution in [0.25, 0.3) is 11.3 Å². The van der Waals surface area contributed by atoms with Crippen molar-refractivity contribution in [3.63, 3.8) is 0 Å². The van der Waals surface area contributed by atoms with E-state index >= 15 is 0 Å². The Kier molecular flexibility index (Phi) is 5.26. The molecule has 23 heavy (non-hydrogen) atoms. The summed E-state index contributed by atoms with van der Waals surface area (Å²) in [6, 6.07) is 11.3. The molecule has 1 aromatic carbocycles. The van der Waals surface area contributed by atoms with Gasteiger partial charge in [0.2, 0.25) is 0 Å². The summed E-state index contributed by atoms with van der Waals surface area (Å²) in [5.74, 6) is 2.74. The summed E-state index contributed by atoms with van der Waals surface area (Å²) >= 11 is 0. The lowest BCUT2D eigenvalue weighted by molar-refractivity contribution is -0.385. The number of aromatic nitrogens is 1. The molecule has 0 bridgehead atoms. The first kappa shape index (κ1) is 16.4. The van der Waals surface area contributed by atoms with E-state index in [4.69, 9.17) is 0 Å². The molecule has 6 heteroatoms. The third-order valence-electron chi connectivity index (χ3n) is 2.99. The van der Waals surface area contributed by atoms with Crippen molar-refractivity contribution < 1.29 is 9.31 Å². The topological polar surface area (TPSA) is 68.1 Å². The largest absolute Gasteiger partial charge is 0.345 e. The maximum Gasteiger partial charge on any atom is 0.303 e. The predicted molar refractivity (Wildman–Crippen MR) is 86.0 cm³/mol. The molecular formula is C17H16FN3O2. The number of halogens is 1. The SMILES string of the molecule is CC(C)CNC#Cc1nc(-c2ccc(F)cc2)ccc1[N+](=O)[O-]. The van der Waals surface area contributed by atoms with Gasteiger partial charge in [0.05, 0.1) is 10.6 Å². The molecule has 0 amide bonds. The molecule has 5 nitrogen and oxygen atoms in total. The van der Waals surface area contributed by atoms with Crippen LogP contribution in [-0.2, 0) is 0 Å². The summed E-state index contributed by atoms with van der Waals surface area (Å²) in [5.41, 5.74) is 1.09. The van der Waals surface area contributed by atoms with Crippen molar-refractivity contribution in [3.8, 4) is 23.2 Å². The van der Waals surface area contributed by atoms with Gasteiger partial charge in [-0.15, -0.1) is 0 Å². The maximum atomic E-state index is 13.0. The molecule has 0 fully saturated rings. The van der Waals surface area contributed by atoms with Gasteiger partial charge in [0.1, 0.15) is 5.82 Å². The number of pyridine rings is 1. The first-order chi connectivity index (χ1) is 11.0. The standard InChI is InChI=1S/C17H16FN3O2/c1-12(2)11-19-10-9-16-17(21(22)23)8-7-15(20-16)13-3-5-14(18)6-4-13/h3-8,12,19H,11H2,1-2H3. The van der Waals surface area contributed by atoms with E-state index in [1.807, 2.05) is 13.8 Å². The van der Waals surface area contributed by atoms with Crippen LogP contribution in [0.15, 0.2) is 36.4 Å². The fourth-order valence-electron chi connectivity index (χ4n) is 1.83. The van der Waals surface area contributed by atoms with Crippen LogP contribution in [0.3, 0.4) is 0 Å². The van der Waals surface area contributed by atoms with Gasteiger partial charge in [-0.2, -0.15) is 0 Å². The zero-order valence-electron chi connectivity index (χ0n) is 12.8. The minimum Gasteiger partial charge on any atom is -0.345 e. The molecule has 0 aliphatic heterocycles. The first-order valence-electron chi connectivity index (χ1n) is 7.12. The summed E-state index contributed by atoms with van der Waals surface area (Å²) in [5, 5.41) is 14.0. The average Bonchev–Trinajstić information content (AvgIpc) is 2.51. The van der Waals surface area contributed by atoms with E-state index in [-0.39, 0.29) is 17.2 Å². The molecule has 0 aliphatic carbocycles. The highest BCUT2D eigenvalue weighted by Gasteiger charge is 2.15. The van der Waals surface area contributed by atoms with Gasteiger partial charge in [0, 0.05) is 24.2 Å². The van der Waals surface area contributed by atoms with Crippen LogP contribution in [0.1, 0.15) is 19.5 Å². The van der Waals surface area contributed by atoms with Crippen molar-refractivity contribution in [2.75, 3.05) is 6.54 Å². The molecule has 0 saturated carbocycles. The lowest BCUT2D eigenvalue weighted by atomic mass is 10.1. The molecule has 0 aliphatic rings. The van der Waals surface area contributed by atoms with E-state index < -0.39 is 4.92 Å². The number of hydrogen-bond donors (Lipinski definition) is 1. The van der Waals surface area contributed by atoms with Gasteiger partial charge in [0.25, 0.3) is 0 Å². The van der Waals surface area contributed by atoms with Crippen molar-refractivity contribution in [3.05, 3.63) is 58.0 Å². The Morgan fingerprint density at radius 2 is 1.96 bits per heavy atom. The quantitative estimate of drug-likeness (QED) is 0.407. The molecule has 2 aromatic rings. The normalized spacial score (nSPS) is 10.1. The van der Waals surface area contributed by atoms with Crippen molar-refractivity contribution in [1.82, 2.24) is 10.3 Å². The van der Waals surface area contributed by atoms with E-state index in [0.717, 1.165) is 0 Å². The smallest absolute Gasteiger partial charge is 0.303 e. The number of nitro groups is 1. The summed E-state index contributed by atoms with van der Waals surface area (Å²) < 4.78 is 13.0. The van der Waals surface area contributed by atoms with Gasteiger partial charge in [-0.05, 0) is 42.2 Å². The third-order valence-corrected chi connectivity index (χ3v) is 2.99. The molecule has 0 saturated heterocycles. The van der Waals surface area contributed by atoms with Crippen LogP contribution < -0.4 is 5.32 Å². The van der Waals surface area contributed by atoms with Crippen molar-refractivity contribution in [2.45, 2.75) is 13.8 Å². The summed E-state index contributed by atoms with van der Waals surface area (Å²) in [4.78, 5) is 14.8. The molecule has 1 aromatic heterocycles. The molecular weight excluding hydrogens is 297 g/mol. The lowest BCUT2D eigenvalue weighted by Gasteiger charge is -2.03. The molecule has 0 radical (unpaired) electrons. The predicted octanol–water partition coefficient (Wildman–Crippen LogP) is 3.35. The van der Waals surface area contributed by atoms with Gasteiger partial charge in [-0.1, -0.05) is 13.8 Å². The number of benzene rings is 1. The zero-order valence-corrected chi connectivity index (χ0v) is 12.8. The number of rotatable bonds is 4. The monoisotopic (exact) mass is 313 g/mol. The number of hydrogen-bond acceptors (Lipinski definition) is 4. The second kappa shape index (κ2) is 7.36. The summed E-state index contributed by atoms with van der Waals surface area (Å²) in [7, 11) is 0. The van der Waals surface area contributed by atoms with Crippen LogP contribution in [-0.4, -0.2) is 16.5 Å². The minimum atomic E-state index is -0.520.